The van der Waals surface area contributed by atoms with Crippen LogP contribution in [-0.2, 0) is 32.7 Å². The molecule has 0 rings (SSSR count). The van der Waals surface area contributed by atoms with Gasteiger partial charge in [0, 0.05) is 19.4 Å². The fraction of sp³-hybridized carbons (Fsp3) is 0.878. The van der Waals surface area contributed by atoms with Crippen molar-refractivity contribution in [3.8, 4) is 0 Å². The van der Waals surface area contributed by atoms with E-state index in [1.54, 1.807) is 0 Å². The molecule has 0 spiro atoms. The monoisotopic (exact) mass is 856 g/mol. The second-order valence-corrected chi connectivity index (χ2v) is 18.5. The Morgan fingerprint density at radius 1 is 0.525 bits per heavy atom. The molecule has 0 radical (unpaired) electrons. The predicted molar refractivity (Wildman–Crippen MR) is 248 cm³/mol. The van der Waals surface area contributed by atoms with Crippen molar-refractivity contribution in [2.24, 2.45) is 0 Å². The first-order valence-corrected chi connectivity index (χ1v) is 26.1. The molecule has 0 heterocycles. The summed E-state index contributed by atoms with van der Waals surface area (Å²) in [5.41, 5.74) is 0. The summed E-state index contributed by atoms with van der Waals surface area (Å²) in [6.45, 7) is 4.33. The smallest absolute Gasteiger partial charge is 0.462 e. The second-order valence-electron chi connectivity index (χ2n) is 17.0. The minimum Gasteiger partial charge on any atom is -0.462 e. The van der Waals surface area contributed by atoms with Crippen LogP contribution in [0, 0.1) is 0 Å². The van der Waals surface area contributed by atoms with Crippen molar-refractivity contribution < 1.29 is 37.6 Å². The normalized spacial score (nSPS) is 13.5. The zero-order valence-electron chi connectivity index (χ0n) is 39.0. The van der Waals surface area contributed by atoms with E-state index in [1.807, 2.05) is 19.0 Å². The molecule has 0 saturated heterocycles. The molecule has 0 aromatic carbocycles. The van der Waals surface area contributed by atoms with Crippen LogP contribution in [0.4, 0.5) is 0 Å². The fourth-order valence-corrected chi connectivity index (χ4v) is 7.70. The van der Waals surface area contributed by atoms with E-state index in [4.69, 9.17) is 18.5 Å². The number of unbranched alkanes of at least 4 members (excludes halogenated alkanes) is 28. The molecule has 0 fully saturated rings. The van der Waals surface area contributed by atoms with Crippen molar-refractivity contribution in [1.82, 2.24) is 4.90 Å². The molecule has 0 aromatic heterocycles. The van der Waals surface area contributed by atoms with Crippen molar-refractivity contribution >= 4 is 19.8 Å². The van der Waals surface area contributed by atoms with Gasteiger partial charge in [0.15, 0.2) is 6.10 Å². The van der Waals surface area contributed by atoms with E-state index in [2.05, 4.69) is 38.2 Å². The lowest BCUT2D eigenvalue weighted by Gasteiger charge is -2.20. The molecule has 9 nitrogen and oxygen atoms in total. The van der Waals surface area contributed by atoms with E-state index in [0.717, 1.165) is 51.4 Å². The topological polar surface area (TPSA) is 112 Å². The third-order valence-corrected chi connectivity index (χ3v) is 11.7. The van der Waals surface area contributed by atoms with Crippen molar-refractivity contribution in [3.05, 3.63) is 24.3 Å². The third kappa shape index (κ3) is 45.8. The Balaban J connectivity index is 4.19. The number of esters is 2. The average Bonchev–Trinajstić information content (AvgIpc) is 3.20. The number of hydrogen-bond acceptors (Lipinski definition) is 8. The highest BCUT2D eigenvalue weighted by molar-refractivity contribution is 7.47. The molecular formula is C49H94NO8P. The van der Waals surface area contributed by atoms with Gasteiger partial charge in [0.2, 0.25) is 0 Å². The molecule has 2 atom stereocenters. The molecule has 1 N–H and O–H groups in total. The van der Waals surface area contributed by atoms with Crippen molar-refractivity contribution in [1.29, 1.82) is 0 Å². The molecule has 0 aliphatic carbocycles. The lowest BCUT2D eigenvalue weighted by atomic mass is 10.0. The summed E-state index contributed by atoms with van der Waals surface area (Å²) in [6.07, 6.45) is 47.9. The Hall–Kier alpha value is -1.51. The first-order valence-electron chi connectivity index (χ1n) is 24.6. The number of ether oxygens (including phenoxy) is 2. The highest BCUT2D eigenvalue weighted by atomic mass is 31.2. The molecule has 0 aliphatic rings. The number of hydrogen-bond donors (Lipinski definition) is 1. The number of rotatable bonds is 46. The van der Waals surface area contributed by atoms with Crippen LogP contribution in [-0.4, -0.2) is 68.3 Å². The van der Waals surface area contributed by atoms with E-state index in [0.29, 0.717) is 13.0 Å². The van der Waals surface area contributed by atoms with Gasteiger partial charge in [-0.1, -0.05) is 199 Å². The maximum Gasteiger partial charge on any atom is 0.472 e. The number of phosphoric acid groups is 1. The van der Waals surface area contributed by atoms with E-state index in [9.17, 15) is 19.0 Å². The molecule has 0 aliphatic heterocycles. The highest BCUT2D eigenvalue weighted by Crippen LogP contribution is 2.43. The van der Waals surface area contributed by atoms with Gasteiger partial charge in [-0.3, -0.25) is 18.6 Å². The third-order valence-electron chi connectivity index (χ3n) is 10.8. The molecule has 0 amide bonds. The summed E-state index contributed by atoms with van der Waals surface area (Å²) in [7, 11) is -0.708. The van der Waals surface area contributed by atoms with Crippen LogP contribution in [0.2, 0.25) is 0 Å². The standard InChI is InChI=1S/C49H94NO8P/c1-5-7-9-11-13-15-17-19-21-23-24-26-28-30-32-34-36-38-40-42-49(52)58-47(46-57-59(53,54)56-44-43-50(3)4)45-55-48(51)41-39-37-35-33-31-29-27-25-22-20-18-16-14-12-10-8-6-2/h14,16,20,22,47H,5-13,15,17-19,21,23-46H2,1-4H3,(H,53,54)/b16-14-,22-20-. The van der Waals surface area contributed by atoms with Gasteiger partial charge in [-0.05, 0) is 59.0 Å². The molecule has 0 bridgehead atoms. The molecule has 10 heteroatoms. The summed E-state index contributed by atoms with van der Waals surface area (Å²) in [6, 6.07) is 0. The predicted octanol–water partition coefficient (Wildman–Crippen LogP) is 14.6. The zero-order valence-corrected chi connectivity index (χ0v) is 39.9. The molecule has 348 valence electrons. The van der Waals surface area contributed by atoms with Gasteiger partial charge in [-0.15, -0.1) is 0 Å². The quantitative estimate of drug-likeness (QED) is 0.0277. The minimum atomic E-state index is -4.36. The summed E-state index contributed by atoms with van der Waals surface area (Å²) >= 11 is 0. The van der Waals surface area contributed by atoms with Gasteiger partial charge < -0.3 is 19.3 Å². The van der Waals surface area contributed by atoms with Crippen LogP contribution in [0.3, 0.4) is 0 Å². The summed E-state index contributed by atoms with van der Waals surface area (Å²) in [5, 5.41) is 0. The van der Waals surface area contributed by atoms with Crippen molar-refractivity contribution in [2.45, 2.75) is 238 Å². The molecule has 2 unspecified atom stereocenters. The number of carbonyl (C=O) groups excluding carboxylic acids is 2. The number of carbonyl (C=O) groups is 2. The minimum absolute atomic E-state index is 0.00826. The Morgan fingerprint density at radius 2 is 0.915 bits per heavy atom. The Labute approximate surface area is 364 Å². The first kappa shape index (κ1) is 57.5. The van der Waals surface area contributed by atoms with E-state index >= 15 is 0 Å². The maximum atomic E-state index is 12.7. The van der Waals surface area contributed by atoms with Gasteiger partial charge in [0.25, 0.3) is 0 Å². The number of nitrogens with zero attached hydrogens (tertiary/aromatic N) is 1. The maximum absolute atomic E-state index is 12.7. The van der Waals surface area contributed by atoms with Gasteiger partial charge in [-0.25, -0.2) is 4.57 Å². The fourth-order valence-electron chi connectivity index (χ4n) is 6.95. The Kier molecular flexibility index (Phi) is 43.4. The van der Waals surface area contributed by atoms with Crippen LogP contribution in [0.1, 0.15) is 232 Å². The van der Waals surface area contributed by atoms with E-state index in [-0.39, 0.29) is 32.0 Å². The number of likely N-dealkylation sites (N-methyl/N-ethyl adjacent to an activating group) is 1. The molecular weight excluding hydrogens is 762 g/mol. The van der Waals surface area contributed by atoms with E-state index in [1.165, 1.54) is 148 Å². The van der Waals surface area contributed by atoms with Crippen molar-refractivity contribution in [3.63, 3.8) is 0 Å². The van der Waals surface area contributed by atoms with Crippen LogP contribution in [0.25, 0.3) is 0 Å². The van der Waals surface area contributed by atoms with Crippen LogP contribution >= 0.6 is 7.82 Å². The van der Waals surface area contributed by atoms with Gasteiger partial charge >= 0.3 is 19.8 Å². The second kappa shape index (κ2) is 44.5. The van der Waals surface area contributed by atoms with Gasteiger partial charge in [0.05, 0.1) is 13.2 Å². The summed E-state index contributed by atoms with van der Waals surface area (Å²) < 4.78 is 33.6. The molecule has 0 aromatic rings. The largest absolute Gasteiger partial charge is 0.472 e. The molecule has 0 saturated carbocycles. The van der Waals surface area contributed by atoms with Gasteiger partial charge in [-0.2, -0.15) is 0 Å². The lowest BCUT2D eigenvalue weighted by Crippen LogP contribution is -2.29. The first-order chi connectivity index (χ1) is 28.7. The zero-order chi connectivity index (χ0) is 43.3. The average molecular weight is 856 g/mol. The van der Waals surface area contributed by atoms with Crippen LogP contribution in [0.15, 0.2) is 24.3 Å². The number of phosphoric ester groups is 1. The van der Waals surface area contributed by atoms with E-state index < -0.39 is 26.5 Å². The Bertz CT molecular complexity index is 1040. The number of allylic oxidation sites excluding steroid dienone is 4. The summed E-state index contributed by atoms with van der Waals surface area (Å²) in [4.78, 5) is 37.2. The summed E-state index contributed by atoms with van der Waals surface area (Å²) in [5.74, 6) is -0.800. The van der Waals surface area contributed by atoms with Crippen molar-refractivity contribution in [2.75, 3.05) is 40.5 Å². The highest BCUT2D eigenvalue weighted by Gasteiger charge is 2.26. The van der Waals surface area contributed by atoms with Crippen LogP contribution in [0.5, 0.6) is 0 Å². The van der Waals surface area contributed by atoms with Gasteiger partial charge in [0.1, 0.15) is 6.61 Å². The Morgan fingerprint density at radius 3 is 1.37 bits per heavy atom. The lowest BCUT2D eigenvalue weighted by molar-refractivity contribution is -0.161. The molecule has 59 heavy (non-hydrogen) atoms. The van der Waals surface area contributed by atoms with Crippen LogP contribution < -0.4 is 0 Å². The SMILES string of the molecule is CCCCC/C=C\C/C=C\CCCCCCCCCC(=O)OCC(COP(=O)(O)OCCN(C)C)OC(=O)CCCCCCCCCCCCCCCCCCCCC.